The lowest BCUT2D eigenvalue weighted by Crippen LogP contribution is -2.06. The third-order valence-electron chi connectivity index (χ3n) is 2.59. The summed E-state index contributed by atoms with van der Waals surface area (Å²) in [6, 6.07) is 0. The average molecular weight is 270 g/mol. The Morgan fingerprint density at radius 3 is 1.63 bits per heavy atom. The second kappa shape index (κ2) is 13.1. The summed E-state index contributed by atoms with van der Waals surface area (Å²) in [5.74, 6) is -0.971. The second-order valence-corrected chi connectivity index (χ2v) is 4.44. The molecule has 0 aliphatic carbocycles. The Morgan fingerprint density at radius 2 is 1.16 bits per heavy atom. The van der Waals surface area contributed by atoms with Crippen LogP contribution in [-0.4, -0.2) is 25.2 Å². The van der Waals surface area contributed by atoms with Crippen LogP contribution in [0.3, 0.4) is 0 Å². The molecule has 110 valence electrons. The number of carbonyl (C=O) groups excluding carboxylic acids is 2. The van der Waals surface area contributed by atoms with Crippen LogP contribution in [0.25, 0.3) is 0 Å². The molecule has 0 aliphatic heterocycles. The van der Waals surface area contributed by atoms with Crippen molar-refractivity contribution in [3.05, 3.63) is 12.2 Å². The topological polar surface area (TPSA) is 52.6 Å². The summed E-state index contributed by atoms with van der Waals surface area (Å²) in [6.07, 6.45) is 9.46. The third-order valence-corrected chi connectivity index (χ3v) is 2.59. The van der Waals surface area contributed by atoms with E-state index in [0.717, 1.165) is 57.1 Å². The van der Waals surface area contributed by atoms with Crippen LogP contribution in [0.15, 0.2) is 12.2 Å². The fraction of sp³-hybridized carbons (Fsp3) is 0.733. The molecule has 0 fully saturated rings. The Labute approximate surface area is 116 Å². The molecular formula is C15H26O4. The third kappa shape index (κ3) is 12.9. The van der Waals surface area contributed by atoms with Crippen LogP contribution in [0.1, 0.15) is 58.8 Å². The quantitative estimate of drug-likeness (QED) is 0.328. The van der Waals surface area contributed by atoms with Gasteiger partial charge in [0.1, 0.15) is 0 Å². The van der Waals surface area contributed by atoms with Crippen LogP contribution in [0.5, 0.6) is 0 Å². The molecule has 4 nitrogen and oxygen atoms in total. The van der Waals surface area contributed by atoms with E-state index in [2.05, 4.69) is 13.8 Å². The molecular weight excluding hydrogens is 244 g/mol. The van der Waals surface area contributed by atoms with Crippen LogP contribution in [0, 0.1) is 0 Å². The highest BCUT2D eigenvalue weighted by molar-refractivity contribution is 5.91. The van der Waals surface area contributed by atoms with Gasteiger partial charge in [0, 0.05) is 12.2 Å². The van der Waals surface area contributed by atoms with E-state index < -0.39 is 11.9 Å². The van der Waals surface area contributed by atoms with Gasteiger partial charge in [-0.2, -0.15) is 0 Å². The Morgan fingerprint density at radius 1 is 0.737 bits per heavy atom. The first-order valence-electron chi connectivity index (χ1n) is 7.22. The molecule has 4 heteroatoms. The highest BCUT2D eigenvalue weighted by atomic mass is 16.5. The van der Waals surface area contributed by atoms with Crippen molar-refractivity contribution in [1.29, 1.82) is 0 Å². The van der Waals surface area contributed by atoms with Gasteiger partial charge in [-0.25, -0.2) is 9.59 Å². The monoisotopic (exact) mass is 270 g/mol. The number of rotatable bonds is 11. The van der Waals surface area contributed by atoms with E-state index in [1.165, 1.54) is 0 Å². The molecule has 0 aromatic heterocycles. The molecule has 0 saturated carbocycles. The molecule has 0 amide bonds. The molecule has 0 rings (SSSR count). The Kier molecular flexibility index (Phi) is 12.2. The van der Waals surface area contributed by atoms with Gasteiger partial charge in [0.15, 0.2) is 0 Å². The summed E-state index contributed by atoms with van der Waals surface area (Å²) >= 11 is 0. The smallest absolute Gasteiger partial charge is 0.331 e. The first kappa shape index (κ1) is 17.7. The Bertz CT molecular complexity index is 271. The van der Waals surface area contributed by atoms with E-state index in [1.54, 1.807) is 0 Å². The molecule has 0 radical (unpaired) electrons. The van der Waals surface area contributed by atoms with Gasteiger partial charge in [0.2, 0.25) is 0 Å². The van der Waals surface area contributed by atoms with Gasteiger partial charge in [-0.05, 0) is 12.8 Å². The van der Waals surface area contributed by atoms with E-state index in [0.29, 0.717) is 13.2 Å². The van der Waals surface area contributed by atoms with Crippen molar-refractivity contribution in [2.75, 3.05) is 13.2 Å². The predicted molar refractivity (Wildman–Crippen MR) is 74.7 cm³/mol. The fourth-order valence-electron chi connectivity index (χ4n) is 1.46. The standard InChI is InChI=1S/C15H26O4/c1-3-5-7-9-13-19-15(17)11-10-14(16)18-12-8-6-4-2/h10-11H,3-9,12-13H2,1-2H3/b11-10-. The number of carbonyl (C=O) groups is 2. The highest BCUT2D eigenvalue weighted by Gasteiger charge is 2.00. The molecule has 19 heavy (non-hydrogen) atoms. The van der Waals surface area contributed by atoms with Gasteiger partial charge in [0.25, 0.3) is 0 Å². The number of ether oxygens (including phenoxy) is 2. The molecule has 0 N–H and O–H groups in total. The minimum atomic E-state index is -0.487. The summed E-state index contributed by atoms with van der Waals surface area (Å²) in [6.45, 7) is 5.02. The molecule has 0 saturated heterocycles. The van der Waals surface area contributed by atoms with Crippen LogP contribution in [-0.2, 0) is 19.1 Å². The molecule has 0 aromatic rings. The van der Waals surface area contributed by atoms with Gasteiger partial charge < -0.3 is 9.47 Å². The van der Waals surface area contributed by atoms with E-state index >= 15 is 0 Å². The van der Waals surface area contributed by atoms with Crippen LogP contribution < -0.4 is 0 Å². The zero-order valence-electron chi connectivity index (χ0n) is 12.2. The molecule has 0 aromatic carbocycles. The zero-order chi connectivity index (χ0) is 14.3. The molecule has 0 aliphatic rings. The maximum absolute atomic E-state index is 11.2. The molecule has 0 atom stereocenters. The van der Waals surface area contributed by atoms with Crippen molar-refractivity contribution in [3.63, 3.8) is 0 Å². The first-order valence-corrected chi connectivity index (χ1v) is 7.22. The highest BCUT2D eigenvalue weighted by Crippen LogP contribution is 1.99. The number of unbranched alkanes of at least 4 members (excludes halogenated alkanes) is 5. The summed E-state index contributed by atoms with van der Waals surface area (Å²) in [4.78, 5) is 22.4. The van der Waals surface area contributed by atoms with Crippen molar-refractivity contribution in [3.8, 4) is 0 Å². The summed E-state index contributed by atoms with van der Waals surface area (Å²) in [5.41, 5.74) is 0. The molecule has 0 heterocycles. The van der Waals surface area contributed by atoms with Crippen molar-refractivity contribution in [2.24, 2.45) is 0 Å². The van der Waals surface area contributed by atoms with Gasteiger partial charge in [-0.15, -0.1) is 0 Å². The summed E-state index contributed by atoms with van der Waals surface area (Å²) in [5, 5.41) is 0. The lowest BCUT2D eigenvalue weighted by Gasteiger charge is -2.02. The minimum absolute atomic E-state index is 0.406. The van der Waals surface area contributed by atoms with Gasteiger partial charge in [-0.3, -0.25) is 0 Å². The van der Waals surface area contributed by atoms with Crippen molar-refractivity contribution < 1.29 is 19.1 Å². The Hall–Kier alpha value is -1.32. The number of esters is 2. The van der Waals surface area contributed by atoms with Crippen molar-refractivity contribution in [2.45, 2.75) is 58.8 Å². The second-order valence-electron chi connectivity index (χ2n) is 4.44. The SMILES string of the molecule is CCCCCCOC(=O)/C=C\C(=O)OCCCCC. The largest absolute Gasteiger partial charge is 0.463 e. The van der Waals surface area contributed by atoms with Crippen molar-refractivity contribution >= 4 is 11.9 Å². The number of hydrogen-bond acceptors (Lipinski definition) is 4. The Balaban J connectivity index is 3.56. The van der Waals surface area contributed by atoms with Crippen LogP contribution >= 0.6 is 0 Å². The molecule has 0 unspecified atom stereocenters. The lowest BCUT2D eigenvalue weighted by atomic mass is 10.2. The van der Waals surface area contributed by atoms with E-state index in [9.17, 15) is 9.59 Å². The van der Waals surface area contributed by atoms with Gasteiger partial charge in [0.05, 0.1) is 13.2 Å². The van der Waals surface area contributed by atoms with Gasteiger partial charge >= 0.3 is 11.9 Å². The summed E-state index contributed by atoms with van der Waals surface area (Å²) < 4.78 is 9.87. The van der Waals surface area contributed by atoms with Crippen LogP contribution in [0.4, 0.5) is 0 Å². The lowest BCUT2D eigenvalue weighted by molar-refractivity contribution is -0.140. The normalized spacial score (nSPS) is 10.6. The van der Waals surface area contributed by atoms with Crippen molar-refractivity contribution in [1.82, 2.24) is 0 Å². The molecule has 0 spiro atoms. The van der Waals surface area contributed by atoms with Crippen LogP contribution in [0.2, 0.25) is 0 Å². The van der Waals surface area contributed by atoms with E-state index in [1.807, 2.05) is 0 Å². The fourth-order valence-corrected chi connectivity index (χ4v) is 1.46. The minimum Gasteiger partial charge on any atom is -0.463 e. The maximum atomic E-state index is 11.2. The first-order chi connectivity index (χ1) is 9.20. The predicted octanol–water partition coefficient (Wildman–Crippen LogP) is 3.40. The van der Waals surface area contributed by atoms with E-state index in [4.69, 9.17) is 9.47 Å². The average Bonchev–Trinajstić information content (AvgIpc) is 2.41. The zero-order valence-corrected chi connectivity index (χ0v) is 12.2. The summed E-state index contributed by atoms with van der Waals surface area (Å²) in [7, 11) is 0. The van der Waals surface area contributed by atoms with Gasteiger partial charge in [-0.1, -0.05) is 46.0 Å². The van der Waals surface area contributed by atoms with E-state index in [-0.39, 0.29) is 0 Å². The molecule has 0 bridgehead atoms. The maximum Gasteiger partial charge on any atom is 0.331 e. The number of hydrogen-bond donors (Lipinski definition) is 0.